The highest BCUT2D eigenvalue weighted by Gasteiger charge is 2.26. The van der Waals surface area contributed by atoms with Crippen LogP contribution >= 0.6 is 0 Å². The maximum absolute atomic E-state index is 12.1. The Balaban J connectivity index is 1.68. The van der Waals surface area contributed by atoms with Crippen LogP contribution in [0, 0.1) is 17.8 Å². The number of nitrogen functional groups attached to an aromatic ring is 1. The van der Waals surface area contributed by atoms with Crippen LogP contribution in [-0.2, 0) is 4.74 Å². The van der Waals surface area contributed by atoms with E-state index in [9.17, 15) is 4.79 Å². The Morgan fingerprint density at radius 1 is 1.27 bits per heavy atom. The molecule has 2 aromatic rings. The fourth-order valence-electron chi connectivity index (χ4n) is 3.02. The summed E-state index contributed by atoms with van der Waals surface area (Å²) in [4.78, 5) is 18.1. The number of hydrogen-bond donors (Lipinski definition) is 1. The predicted molar refractivity (Wildman–Crippen MR) is 104 cm³/mol. The molecule has 0 spiro atoms. The summed E-state index contributed by atoms with van der Waals surface area (Å²) in [6.07, 6.45) is 3.20. The molecule has 3 rings (SSSR count). The number of amides is 1. The number of fused-ring (bicyclic) bond motifs is 1. The van der Waals surface area contributed by atoms with Crippen molar-refractivity contribution in [2.24, 2.45) is 5.92 Å². The van der Waals surface area contributed by atoms with Crippen LogP contribution in [0.25, 0.3) is 10.8 Å². The first-order valence-corrected chi connectivity index (χ1v) is 8.96. The van der Waals surface area contributed by atoms with Gasteiger partial charge in [0.2, 0.25) is 0 Å². The van der Waals surface area contributed by atoms with Crippen molar-refractivity contribution in [3.8, 4) is 11.8 Å². The van der Waals surface area contributed by atoms with Crippen molar-refractivity contribution < 1.29 is 9.53 Å². The van der Waals surface area contributed by atoms with E-state index in [0.29, 0.717) is 18.9 Å². The van der Waals surface area contributed by atoms with E-state index in [1.807, 2.05) is 45.0 Å². The molecule has 2 heterocycles. The van der Waals surface area contributed by atoms with Crippen molar-refractivity contribution in [2.45, 2.75) is 39.2 Å². The van der Waals surface area contributed by atoms with Gasteiger partial charge in [-0.25, -0.2) is 9.78 Å². The van der Waals surface area contributed by atoms with Crippen LogP contribution in [0.1, 0.15) is 39.2 Å². The van der Waals surface area contributed by atoms with Crippen LogP contribution < -0.4 is 5.73 Å². The minimum Gasteiger partial charge on any atom is -0.444 e. The zero-order valence-corrected chi connectivity index (χ0v) is 15.6. The van der Waals surface area contributed by atoms with Gasteiger partial charge in [0.25, 0.3) is 0 Å². The molecule has 0 aliphatic carbocycles. The fourth-order valence-corrected chi connectivity index (χ4v) is 3.02. The van der Waals surface area contributed by atoms with Crippen molar-refractivity contribution in [3.05, 3.63) is 36.0 Å². The molecule has 0 bridgehead atoms. The Kier molecular flexibility index (Phi) is 5.03. The number of carbonyl (C=O) groups excluding carboxylic acids is 1. The lowest BCUT2D eigenvalue weighted by Crippen LogP contribution is -2.41. The number of aromatic nitrogens is 1. The normalized spacial score (nSPS) is 15.4. The molecule has 1 fully saturated rings. The Morgan fingerprint density at radius 2 is 1.96 bits per heavy atom. The topological polar surface area (TPSA) is 68.5 Å². The second-order valence-electron chi connectivity index (χ2n) is 7.62. The molecule has 2 N–H and O–H groups in total. The van der Waals surface area contributed by atoms with E-state index in [-0.39, 0.29) is 12.0 Å². The fraction of sp³-hybridized carbons (Fsp3) is 0.429. The van der Waals surface area contributed by atoms with E-state index in [1.54, 1.807) is 11.1 Å². The van der Waals surface area contributed by atoms with E-state index >= 15 is 0 Å². The van der Waals surface area contributed by atoms with Crippen molar-refractivity contribution in [2.75, 3.05) is 18.8 Å². The molecular weight excluding hydrogens is 326 g/mol. The average molecular weight is 351 g/mol. The van der Waals surface area contributed by atoms with Crippen molar-refractivity contribution in [1.29, 1.82) is 0 Å². The summed E-state index contributed by atoms with van der Waals surface area (Å²) in [7, 11) is 0. The molecule has 1 aliphatic heterocycles. The first-order chi connectivity index (χ1) is 12.3. The van der Waals surface area contributed by atoms with Gasteiger partial charge in [0.1, 0.15) is 11.4 Å². The molecule has 0 radical (unpaired) electrons. The first kappa shape index (κ1) is 18.1. The highest BCUT2D eigenvalue weighted by molar-refractivity contribution is 5.90. The van der Waals surface area contributed by atoms with Gasteiger partial charge < -0.3 is 15.4 Å². The molecule has 136 valence electrons. The number of likely N-dealkylation sites (tertiary alicyclic amines) is 1. The molecule has 1 saturated heterocycles. The van der Waals surface area contributed by atoms with Gasteiger partial charge in [-0.1, -0.05) is 36.1 Å². The monoisotopic (exact) mass is 351 g/mol. The lowest BCUT2D eigenvalue weighted by atomic mass is 9.97. The van der Waals surface area contributed by atoms with Gasteiger partial charge in [-0.05, 0) is 33.6 Å². The van der Waals surface area contributed by atoms with Crippen LogP contribution in [0.2, 0.25) is 0 Å². The van der Waals surface area contributed by atoms with Crippen molar-refractivity contribution >= 4 is 22.7 Å². The molecule has 0 unspecified atom stereocenters. The number of benzene rings is 1. The van der Waals surface area contributed by atoms with Crippen molar-refractivity contribution in [1.82, 2.24) is 9.88 Å². The Morgan fingerprint density at radius 3 is 2.65 bits per heavy atom. The summed E-state index contributed by atoms with van der Waals surface area (Å²) in [6, 6.07) is 7.98. The number of piperidine rings is 1. The summed E-state index contributed by atoms with van der Waals surface area (Å²) >= 11 is 0. The predicted octanol–water partition coefficient (Wildman–Crippen LogP) is 3.82. The van der Waals surface area contributed by atoms with E-state index in [1.165, 1.54) is 0 Å². The van der Waals surface area contributed by atoms with Gasteiger partial charge in [0, 0.05) is 36.0 Å². The van der Waals surface area contributed by atoms with Crippen LogP contribution in [0.15, 0.2) is 30.5 Å². The van der Waals surface area contributed by atoms with Crippen LogP contribution in [0.3, 0.4) is 0 Å². The van der Waals surface area contributed by atoms with Gasteiger partial charge in [-0.15, -0.1) is 0 Å². The second kappa shape index (κ2) is 7.25. The lowest BCUT2D eigenvalue weighted by molar-refractivity contribution is 0.0199. The standard InChI is InChI=1S/C21H25N3O2/c1-21(2,3)26-20(25)24-12-10-15(11-13-24)8-9-18-17-7-5-4-6-16(17)14-23-19(18)22/h4-7,14-15H,10-13H2,1-3H3,(H2,22,23). The summed E-state index contributed by atoms with van der Waals surface area (Å²) in [5.74, 6) is 7.27. The number of hydrogen-bond acceptors (Lipinski definition) is 4. The molecule has 0 saturated carbocycles. The van der Waals surface area contributed by atoms with Gasteiger partial charge in [-0.3, -0.25) is 0 Å². The number of carbonyl (C=O) groups is 1. The van der Waals surface area contributed by atoms with Gasteiger partial charge in [-0.2, -0.15) is 0 Å². The third-order valence-electron chi connectivity index (χ3n) is 4.38. The molecule has 5 heteroatoms. The number of ether oxygens (including phenoxy) is 1. The minimum absolute atomic E-state index is 0.243. The maximum atomic E-state index is 12.1. The van der Waals surface area contributed by atoms with E-state index in [2.05, 4.69) is 16.8 Å². The van der Waals surface area contributed by atoms with E-state index in [4.69, 9.17) is 10.5 Å². The molecule has 1 amide bonds. The van der Waals surface area contributed by atoms with Gasteiger partial charge >= 0.3 is 6.09 Å². The molecular formula is C21H25N3O2. The molecule has 5 nitrogen and oxygen atoms in total. The third-order valence-corrected chi connectivity index (χ3v) is 4.38. The number of pyridine rings is 1. The molecule has 1 aromatic carbocycles. The second-order valence-corrected chi connectivity index (χ2v) is 7.62. The highest BCUT2D eigenvalue weighted by Crippen LogP contribution is 2.23. The number of nitrogens with two attached hydrogens (primary N) is 1. The summed E-state index contributed by atoms with van der Waals surface area (Å²) in [5.41, 5.74) is 6.36. The number of anilines is 1. The summed E-state index contributed by atoms with van der Waals surface area (Å²) < 4.78 is 5.43. The Hall–Kier alpha value is -2.74. The average Bonchev–Trinajstić information content (AvgIpc) is 2.60. The lowest BCUT2D eigenvalue weighted by Gasteiger charge is -2.31. The maximum Gasteiger partial charge on any atom is 0.410 e. The van der Waals surface area contributed by atoms with E-state index < -0.39 is 5.60 Å². The van der Waals surface area contributed by atoms with Crippen LogP contribution in [0.5, 0.6) is 0 Å². The number of rotatable bonds is 0. The summed E-state index contributed by atoms with van der Waals surface area (Å²) in [6.45, 7) is 6.97. The SMILES string of the molecule is CC(C)(C)OC(=O)N1CCC(C#Cc2c(N)ncc3ccccc23)CC1. The Labute approximate surface area is 154 Å². The zero-order chi connectivity index (χ0) is 18.7. The first-order valence-electron chi connectivity index (χ1n) is 8.96. The summed E-state index contributed by atoms with van der Waals surface area (Å²) in [5, 5.41) is 2.06. The number of nitrogens with zero attached hydrogens (tertiary/aromatic N) is 2. The smallest absolute Gasteiger partial charge is 0.410 e. The van der Waals surface area contributed by atoms with Crippen molar-refractivity contribution in [3.63, 3.8) is 0 Å². The zero-order valence-electron chi connectivity index (χ0n) is 15.6. The largest absolute Gasteiger partial charge is 0.444 e. The molecule has 1 aliphatic rings. The van der Waals surface area contributed by atoms with E-state index in [0.717, 1.165) is 29.2 Å². The van der Waals surface area contributed by atoms with Crippen LogP contribution in [0.4, 0.5) is 10.6 Å². The molecule has 0 atom stereocenters. The highest BCUT2D eigenvalue weighted by atomic mass is 16.6. The van der Waals surface area contributed by atoms with Gasteiger partial charge in [0.05, 0.1) is 5.56 Å². The third kappa shape index (κ3) is 4.26. The minimum atomic E-state index is -0.466. The van der Waals surface area contributed by atoms with Crippen LogP contribution in [-0.4, -0.2) is 34.7 Å². The van der Waals surface area contributed by atoms with Gasteiger partial charge in [0.15, 0.2) is 0 Å². The quantitative estimate of drug-likeness (QED) is 0.733. The molecule has 26 heavy (non-hydrogen) atoms. The Bertz CT molecular complexity index is 866. The molecule has 1 aromatic heterocycles.